The van der Waals surface area contributed by atoms with Gasteiger partial charge in [0.15, 0.2) is 0 Å². The Morgan fingerprint density at radius 3 is 2.38 bits per heavy atom. The summed E-state index contributed by atoms with van der Waals surface area (Å²) in [5.41, 5.74) is 7.18. The molecule has 0 spiro atoms. The van der Waals surface area contributed by atoms with Gasteiger partial charge in [-0.05, 0) is 43.3 Å². The van der Waals surface area contributed by atoms with Gasteiger partial charge in [-0.3, -0.25) is 0 Å². The average molecular weight is 307 g/mol. The lowest BCUT2D eigenvalue weighted by Gasteiger charge is -2.12. The van der Waals surface area contributed by atoms with Gasteiger partial charge in [0.1, 0.15) is 10.6 Å². The van der Waals surface area contributed by atoms with Gasteiger partial charge in [-0.25, -0.2) is 13.6 Å². The van der Waals surface area contributed by atoms with Crippen LogP contribution in [0.3, 0.4) is 0 Å². The van der Waals surface area contributed by atoms with E-state index >= 15 is 0 Å². The smallest absolute Gasteiger partial charge is 0.240 e. The maximum Gasteiger partial charge on any atom is 0.240 e. The van der Waals surface area contributed by atoms with E-state index in [2.05, 4.69) is 5.32 Å². The minimum atomic E-state index is -3.85. The Kier molecular flexibility index (Phi) is 4.35. The van der Waals surface area contributed by atoms with Crippen molar-refractivity contribution in [3.63, 3.8) is 0 Å². The first-order valence-electron chi connectivity index (χ1n) is 6.33. The fourth-order valence-electron chi connectivity index (χ4n) is 1.86. The molecule has 0 fully saturated rings. The van der Waals surface area contributed by atoms with Crippen LogP contribution in [0.5, 0.6) is 5.75 Å². The highest BCUT2D eigenvalue weighted by Crippen LogP contribution is 2.29. The molecular weight excluding hydrogens is 290 g/mol. The van der Waals surface area contributed by atoms with E-state index in [0.717, 1.165) is 11.4 Å². The van der Waals surface area contributed by atoms with Crippen LogP contribution in [0.25, 0.3) is 0 Å². The summed E-state index contributed by atoms with van der Waals surface area (Å²) in [6.07, 6.45) is 0. The fourth-order valence-corrected chi connectivity index (χ4v) is 2.54. The van der Waals surface area contributed by atoms with E-state index in [9.17, 15) is 8.42 Å². The van der Waals surface area contributed by atoms with Crippen molar-refractivity contribution in [3.05, 3.63) is 42.5 Å². The molecular formula is C14H17N3O3S. The SMILES string of the molecule is CCOc1ccc(Nc2cccc(S(N)(=O)=O)c2N)cc1. The van der Waals surface area contributed by atoms with Gasteiger partial charge in [0.05, 0.1) is 18.0 Å². The van der Waals surface area contributed by atoms with Crippen molar-refractivity contribution < 1.29 is 13.2 Å². The number of sulfonamides is 1. The molecule has 0 amide bonds. The van der Waals surface area contributed by atoms with Crippen molar-refractivity contribution in [2.24, 2.45) is 5.14 Å². The lowest BCUT2D eigenvalue weighted by molar-refractivity contribution is 0.340. The van der Waals surface area contributed by atoms with E-state index in [1.807, 2.05) is 31.2 Å². The van der Waals surface area contributed by atoms with E-state index in [0.29, 0.717) is 12.3 Å². The summed E-state index contributed by atoms with van der Waals surface area (Å²) in [7, 11) is -3.85. The lowest BCUT2D eigenvalue weighted by Crippen LogP contribution is -2.15. The highest BCUT2D eigenvalue weighted by atomic mass is 32.2. The molecule has 21 heavy (non-hydrogen) atoms. The standard InChI is InChI=1S/C14H17N3O3S/c1-2-20-11-8-6-10(7-9-11)17-12-4-3-5-13(14(12)15)21(16,18)19/h3-9,17H,2,15H2,1H3,(H2,16,18,19). The van der Waals surface area contributed by atoms with Crippen molar-refractivity contribution >= 4 is 27.1 Å². The molecule has 112 valence electrons. The number of benzene rings is 2. The van der Waals surface area contributed by atoms with E-state index in [4.69, 9.17) is 15.6 Å². The zero-order valence-electron chi connectivity index (χ0n) is 11.5. The van der Waals surface area contributed by atoms with Crippen molar-refractivity contribution in [2.45, 2.75) is 11.8 Å². The zero-order chi connectivity index (χ0) is 15.5. The molecule has 2 rings (SSSR count). The Morgan fingerprint density at radius 1 is 1.14 bits per heavy atom. The number of nitrogens with two attached hydrogens (primary N) is 2. The minimum Gasteiger partial charge on any atom is -0.494 e. The molecule has 0 bridgehead atoms. The van der Waals surface area contributed by atoms with Crippen LogP contribution in [0.15, 0.2) is 47.4 Å². The van der Waals surface area contributed by atoms with Gasteiger partial charge in [0.25, 0.3) is 0 Å². The lowest BCUT2D eigenvalue weighted by atomic mass is 10.2. The summed E-state index contributed by atoms with van der Waals surface area (Å²) in [5, 5.41) is 8.17. The molecule has 0 heterocycles. The highest BCUT2D eigenvalue weighted by molar-refractivity contribution is 7.89. The summed E-state index contributed by atoms with van der Waals surface area (Å²) in [4.78, 5) is -0.0987. The first kappa shape index (κ1) is 15.1. The van der Waals surface area contributed by atoms with Gasteiger partial charge >= 0.3 is 0 Å². The van der Waals surface area contributed by atoms with Crippen molar-refractivity contribution in [2.75, 3.05) is 17.7 Å². The number of primary sulfonamides is 1. The molecule has 0 aliphatic heterocycles. The summed E-state index contributed by atoms with van der Waals surface area (Å²) in [6, 6.07) is 11.9. The van der Waals surface area contributed by atoms with Gasteiger partial charge in [-0.15, -0.1) is 0 Å². The number of hydrogen-bond acceptors (Lipinski definition) is 5. The summed E-state index contributed by atoms with van der Waals surface area (Å²) in [6.45, 7) is 2.50. The van der Waals surface area contributed by atoms with E-state index in [-0.39, 0.29) is 10.6 Å². The Morgan fingerprint density at radius 2 is 1.81 bits per heavy atom. The molecule has 2 aromatic rings. The number of para-hydroxylation sites is 1. The molecule has 7 heteroatoms. The van der Waals surface area contributed by atoms with E-state index < -0.39 is 10.0 Å². The van der Waals surface area contributed by atoms with E-state index in [1.54, 1.807) is 12.1 Å². The Bertz CT molecular complexity index is 728. The van der Waals surface area contributed by atoms with Crippen molar-refractivity contribution in [3.8, 4) is 5.75 Å². The Labute approximate surface area is 123 Å². The Balaban J connectivity index is 2.28. The molecule has 0 aliphatic carbocycles. The highest BCUT2D eigenvalue weighted by Gasteiger charge is 2.14. The molecule has 0 saturated carbocycles. The average Bonchev–Trinajstić information content (AvgIpc) is 2.42. The number of anilines is 3. The molecule has 0 aromatic heterocycles. The molecule has 0 radical (unpaired) electrons. The summed E-state index contributed by atoms with van der Waals surface area (Å²) in [5.74, 6) is 0.759. The maximum absolute atomic E-state index is 11.4. The van der Waals surface area contributed by atoms with Gasteiger partial charge in [0.2, 0.25) is 10.0 Å². The second-order valence-electron chi connectivity index (χ2n) is 4.34. The predicted octanol–water partition coefficient (Wildman–Crippen LogP) is 2.06. The van der Waals surface area contributed by atoms with Crippen LogP contribution in [-0.2, 0) is 10.0 Å². The Hall–Kier alpha value is -2.25. The molecule has 0 aliphatic rings. The topological polar surface area (TPSA) is 107 Å². The number of nitrogen functional groups attached to an aromatic ring is 1. The second kappa shape index (κ2) is 6.02. The molecule has 5 N–H and O–H groups in total. The monoisotopic (exact) mass is 307 g/mol. The number of nitrogens with one attached hydrogen (secondary N) is 1. The number of rotatable bonds is 5. The number of hydrogen-bond donors (Lipinski definition) is 3. The quantitative estimate of drug-likeness (QED) is 0.733. The van der Waals surface area contributed by atoms with Crippen LogP contribution in [-0.4, -0.2) is 15.0 Å². The molecule has 6 nitrogen and oxygen atoms in total. The fraction of sp³-hybridized carbons (Fsp3) is 0.143. The third kappa shape index (κ3) is 3.65. The third-order valence-electron chi connectivity index (χ3n) is 2.82. The van der Waals surface area contributed by atoms with Gasteiger partial charge in [-0.2, -0.15) is 0 Å². The third-order valence-corrected chi connectivity index (χ3v) is 3.79. The molecule has 0 atom stereocenters. The minimum absolute atomic E-state index is 0.0916. The summed E-state index contributed by atoms with van der Waals surface area (Å²) >= 11 is 0. The molecule has 0 saturated heterocycles. The predicted molar refractivity (Wildman–Crippen MR) is 83.1 cm³/mol. The van der Waals surface area contributed by atoms with Crippen LogP contribution in [0.1, 0.15) is 6.92 Å². The zero-order valence-corrected chi connectivity index (χ0v) is 12.4. The first-order chi connectivity index (χ1) is 9.91. The molecule has 2 aromatic carbocycles. The maximum atomic E-state index is 11.4. The largest absolute Gasteiger partial charge is 0.494 e. The van der Waals surface area contributed by atoms with Gasteiger partial charge in [0, 0.05) is 5.69 Å². The van der Waals surface area contributed by atoms with Crippen LogP contribution < -0.4 is 20.9 Å². The van der Waals surface area contributed by atoms with Crippen LogP contribution in [0.2, 0.25) is 0 Å². The normalized spacial score (nSPS) is 11.1. The van der Waals surface area contributed by atoms with Crippen LogP contribution in [0, 0.1) is 0 Å². The first-order valence-corrected chi connectivity index (χ1v) is 7.87. The second-order valence-corrected chi connectivity index (χ2v) is 5.87. The van der Waals surface area contributed by atoms with Gasteiger partial charge in [-0.1, -0.05) is 6.07 Å². The van der Waals surface area contributed by atoms with Crippen LogP contribution in [0.4, 0.5) is 17.1 Å². The van der Waals surface area contributed by atoms with Gasteiger partial charge < -0.3 is 15.8 Å². The number of ether oxygens (including phenoxy) is 1. The van der Waals surface area contributed by atoms with E-state index in [1.165, 1.54) is 6.07 Å². The van der Waals surface area contributed by atoms with Crippen molar-refractivity contribution in [1.82, 2.24) is 0 Å². The molecule has 0 unspecified atom stereocenters. The van der Waals surface area contributed by atoms with Crippen molar-refractivity contribution in [1.29, 1.82) is 0 Å². The van der Waals surface area contributed by atoms with Crippen LogP contribution >= 0.6 is 0 Å². The summed E-state index contributed by atoms with van der Waals surface area (Å²) < 4.78 is 28.2.